The number of fused-ring (bicyclic) bond motifs is 1. The summed E-state index contributed by atoms with van der Waals surface area (Å²) < 4.78 is 18.0. The minimum Gasteiger partial charge on any atom is -0.494 e. The molecule has 0 radical (unpaired) electrons. The maximum atomic E-state index is 14.3. The first-order chi connectivity index (χ1) is 22.2. The molecule has 4 aromatic carbocycles. The van der Waals surface area contributed by atoms with Crippen LogP contribution in [-0.4, -0.2) is 50.1 Å². The van der Waals surface area contributed by atoms with Crippen molar-refractivity contribution in [3.8, 4) is 28.4 Å². The molecule has 1 aliphatic rings. The number of carbonyl (C=O) groups is 1. The first-order valence-corrected chi connectivity index (χ1v) is 17.1. The second-order valence-electron chi connectivity index (χ2n) is 12.1. The largest absolute Gasteiger partial charge is 0.494 e. The van der Waals surface area contributed by atoms with Gasteiger partial charge in [0.25, 0.3) is 0 Å². The van der Waals surface area contributed by atoms with Crippen LogP contribution in [0.3, 0.4) is 0 Å². The van der Waals surface area contributed by atoms with Gasteiger partial charge in [-0.05, 0) is 115 Å². The van der Waals surface area contributed by atoms with Crippen molar-refractivity contribution in [2.75, 3.05) is 39.5 Å². The second kappa shape index (κ2) is 17.0. The van der Waals surface area contributed by atoms with Crippen molar-refractivity contribution in [2.45, 2.75) is 71.6 Å². The number of benzene rings is 4. The fraction of sp³-hybridized carbons (Fsp3) is 0.425. The molecule has 1 saturated heterocycles. The fourth-order valence-corrected chi connectivity index (χ4v) is 6.02. The lowest BCUT2D eigenvalue weighted by atomic mass is 9.89. The number of unbranched alkanes of at least 4 members (excludes halogenated alkanes) is 4. The number of rotatable bonds is 17. The predicted octanol–water partition coefficient (Wildman–Crippen LogP) is 9.74. The van der Waals surface area contributed by atoms with Gasteiger partial charge >= 0.3 is 0 Å². The van der Waals surface area contributed by atoms with E-state index in [1.54, 1.807) is 0 Å². The van der Waals surface area contributed by atoms with E-state index < -0.39 is 0 Å². The maximum Gasteiger partial charge on any atom is 0.194 e. The topological polar surface area (TPSA) is 48.0 Å². The van der Waals surface area contributed by atoms with E-state index in [2.05, 4.69) is 43.0 Å². The normalized spacial score (nSPS) is 13.6. The van der Waals surface area contributed by atoms with Crippen LogP contribution in [-0.2, 0) is 0 Å². The average molecular weight is 608 g/mol. The van der Waals surface area contributed by atoms with E-state index in [1.807, 2.05) is 54.6 Å². The number of nitrogens with zero attached hydrogens (tertiary/aromatic N) is 1. The quantitative estimate of drug-likeness (QED) is 0.0883. The third kappa shape index (κ3) is 9.11. The smallest absolute Gasteiger partial charge is 0.194 e. The molecule has 0 aromatic heterocycles. The molecule has 1 heterocycles. The van der Waals surface area contributed by atoms with Gasteiger partial charge in [0.2, 0.25) is 0 Å². The van der Waals surface area contributed by atoms with Gasteiger partial charge in [0.05, 0.1) is 13.2 Å². The zero-order valence-corrected chi connectivity index (χ0v) is 27.2. The van der Waals surface area contributed by atoms with E-state index in [9.17, 15) is 4.79 Å². The summed E-state index contributed by atoms with van der Waals surface area (Å²) in [4.78, 5) is 16.8. The second-order valence-corrected chi connectivity index (χ2v) is 12.1. The Morgan fingerprint density at radius 2 is 1.24 bits per heavy atom. The Morgan fingerprint density at radius 3 is 1.91 bits per heavy atom. The van der Waals surface area contributed by atoms with Crippen molar-refractivity contribution < 1.29 is 19.0 Å². The molecule has 0 unspecified atom stereocenters. The van der Waals surface area contributed by atoms with Gasteiger partial charge in [-0.2, -0.15) is 0 Å². The van der Waals surface area contributed by atoms with Crippen molar-refractivity contribution in [3.05, 3.63) is 90.0 Å². The molecule has 0 spiro atoms. The Bertz CT molecular complexity index is 1490. The molecule has 0 aliphatic carbocycles. The maximum absolute atomic E-state index is 14.3. The molecule has 45 heavy (non-hydrogen) atoms. The van der Waals surface area contributed by atoms with Gasteiger partial charge in [0.15, 0.2) is 5.78 Å². The molecule has 5 heteroatoms. The van der Waals surface area contributed by atoms with Crippen LogP contribution in [0.4, 0.5) is 0 Å². The highest BCUT2D eigenvalue weighted by Crippen LogP contribution is 2.35. The molecule has 0 amide bonds. The number of ketones is 1. The van der Waals surface area contributed by atoms with Crippen LogP contribution in [0.5, 0.6) is 17.2 Å². The lowest BCUT2D eigenvalue weighted by molar-refractivity contribution is 0.104. The lowest BCUT2D eigenvalue weighted by Crippen LogP contribution is -2.33. The van der Waals surface area contributed by atoms with Crippen molar-refractivity contribution in [1.29, 1.82) is 0 Å². The van der Waals surface area contributed by atoms with Crippen molar-refractivity contribution >= 4 is 16.6 Å². The summed E-state index contributed by atoms with van der Waals surface area (Å²) in [6, 6.07) is 25.9. The zero-order chi connectivity index (χ0) is 31.3. The molecule has 5 rings (SSSR count). The summed E-state index contributed by atoms with van der Waals surface area (Å²) in [6.45, 7) is 9.71. The molecule has 238 valence electrons. The number of hydrogen-bond acceptors (Lipinski definition) is 5. The number of hydrogen-bond donors (Lipinski definition) is 0. The van der Waals surface area contributed by atoms with Crippen LogP contribution in [0.1, 0.15) is 87.6 Å². The van der Waals surface area contributed by atoms with Gasteiger partial charge in [0.1, 0.15) is 23.9 Å². The number of carbonyl (C=O) groups excluding carboxylic acids is 1. The standard InChI is InChI=1S/C40H49NO4/c1-3-5-10-27-43-34-17-12-31(13-18-34)37-22-16-33-30-36(44-28-11-6-4-2)21-23-38(33)39(37)40(42)32-14-19-35(20-15-32)45-29-26-41-24-8-7-9-25-41/h12-23,30H,3-11,24-29H2,1-2H3. The first kappa shape index (κ1) is 32.6. The van der Waals surface area contributed by atoms with E-state index in [-0.39, 0.29) is 5.78 Å². The number of piperidine rings is 1. The van der Waals surface area contributed by atoms with Crippen molar-refractivity contribution in [2.24, 2.45) is 0 Å². The summed E-state index contributed by atoms with van der Waals surface area (Å²) in [5.74, 6) is 2.47. The van der Waals surface area contributed by atoms with Crippen LogP contribution < -0.4 is 14.2 Å². The summed E-state index contributed by atoms with van der Waals surface area (Å²) in [5, 5.41) is 1.91. The van der Waals surface area contributed by atoms with Gasteiger partial charge < -0.3 is 14.2 Å². The molecule has 0 N–H and O–H groups in total. The monoisotopic (exact) mass is 607 g/mol. The van der Waals surface area contributed by atoms with Gasteiger partial charge in [-0.25, -0.2) is 0 Å². The Balaban J connectivity index is 1.38. The molecular formula is C40H49NO4. The molecule has 1 fully saturated rings. The van der Waals surface area contributed by atoms with Crippen molar-refractivity contribution in [3.63, 3.8) is 0 Å². The highest BCUT2D eigenvalue weighted by atomic mass is 16.5. The Kier molecular flexibility index (Phi) is 12.3. The van der Waals surface area contributed by atoms with Crippen LogP contribution in [0.2, 0.25) is 0 Å². The molecule has 0 saturated carbocycles. The molecule has 4 aromatic rings. The summed E-state index contributed by atoms with van der Waals surface area (Å²) in [7, 11) is 0. The molecule has 0 bridgehead atoms. The third-order valence-electron chi connectivity index (χ3n) is 8.66. The molecule has 1 aliphatic heterocycles. The highest BCUT2D eigenvalue weighted by Gasteiger charge is 2.19. The van der Waals surface area contributed by atoms with E-state index in [4.69, 9.17) is 14.2 Å². The van der Waals surface area contributed by atoms with Crippen LogP contribution >= 0.6 is 0 Å². The van der Waals surface area contributed by atoms with E-state index in [0.717, 1.165) is 90.9 Å². The van der Waals surface area contributed by atoms with Gasteiger partial charge in [-0.1, -0.05) is 70.2 Å². The van der Waals surface area contributed by atoms with Gasteiger partial charge in [0, 0.05) is 17.7 Å². The molecule has 0 atom stereocenters. The van der Waals surface area contributed by atoms with Gasteiger partial charge in [-0.15, -0.1) is 0 Å². The van der Waals surface area contributed by atoms with E-state index in [0.29, 0.717) is 30.9 Å². The first-order valence-electron chi connectivity index (χ1n) is 17.1. The van der Waals surface area contributed by atoms with Gasteiger partial charge in [-0.3, -0.25) is 9.69 Å². The number of ether oxygens (including phenoxy) is 3. The Labute approximate surface area is 269 Å². The van der Waals surface area contributed by atoms with E-state index >= 15 is 0 Å². The predicted molar refractivity (Wildman–Crippen MR) is 185 cm³/mol. The lowest BCUT2D eigenvalue weighted by Gasteiger charge is -2.26. The molecule has 5 nitrogen and oxygen atoms in total. The van der Waals surface area contributed by atoms with Crippen LogP contribution in [0.15, 0.2) is 78.9 Å². The van der Waals surface area contributed by atoms with E-state index in [1.165, 1.54) is 25.7 Å². The minimum atomic E-state index is -0.00743. The minimum absolute atomic E-state index is 0.00743. The zero-order valence-electron chi connectivity index (χ0n) is 27.2. The Hall–Kier alpha value is -3.83. The summed E-state index contributed by atoms with van der Waals surface area (Å²) in [6.07, 6.45) is 10.6. The number of likely N-dealkylation sites (tertiary alicyclic amines) is 1. The van der Waals surface area contributed by atoms with Crippen molar-refractivity contribution in [1.82, 2.24) is 4.90 Å². The SMILES string of the molecule is CCCCCOc1ccc(-c2ccc3cc(OCCCCC)ccc3c2C(=O)c2ccc(OCCN3CCCCC3)cc2)cc1. The summed E-state index contributed by atoms with van der Waals surface area (Å²) in [5.41, 5.74) is 3.23. The fourth-order valence-electron chi connectivity index (χ4n) is 6.02. The highest BCUT2D eigenvalue weighted by molar-refractivity contribution is 6.20. The average Bonchev–Trinajstić information content (AvgIpc) is 3.09. The Morgan fingerprint density at radius 1 is 0.644 bits per heavy atom. The third-order valence-corrected chi connectivity index (χ3v) is 8.66. The summed E-state index contributed by atoms with van der Waals surface area (Å²) >= 11 is 0. The van der Waals surface area contributed by atoms with Crippen LogP contribution in [0.25, 0.3) is 21.9 Å². The molecular weight excluding hydrogens is 558 g/mol. The van der Waals surface area contributed by atoms with Crippen LogP contribution in [0, 0.1) is 0 Å².